The third kappa shape index (κ3) is 7.55. The van der Waals surface area contributed by atoms with Gasteiger partial charge in [0.2, 0.25) is 11.8 Å². The van der Waals surface area contributed by atoms with Crippen LogP contribution in [0, 0.1) is 0 Å². The first-order valence-electron chi connectivity index (χ1n) is 10.5. The third-order valence-electron chi connectivity index (χ3n) is 5.12. The maximum absolute atomic E-state index is 11.9. The first kappa shape index (κ1) is 26.8. The number of aliphatic hydroxyl groups excluding tert-OH is 3. The van der Waals surface area contributed by atoms with Crippen molar-refractivity contribution < 1.29 is 53.4 Å². The van der Waals surface area contributed by atoms with E-state index in [9.17, 15) is 34.5 Å². The first-order chi connectivity index (χ1) is 15.6. The molecule has 33 heavy (non-hydrogen) atoms. The van der Waals surface area contributed by atoms with Crippen molar-refractivity contribution in [2.24, 2.45) is 0 Å². The largest absolute Gasteiger partial charge is 0.394 e. The van der Waals surface area contributed by atoms with Crippen LogP contribution in [0.5, 0.6) is 0 Å². The van der Waals surface area contributed by atoms with E-state index in [0.29, 0.717) is 0 Å². The van der Waals surface area contributed by atoms with Gasteiger partial charge in [-0.2, -0.15) is 0 Å². The van der Waals surface area contributed by atoms with Crippen LogP contribution < -0.4 is 10.6 Å². The average molecular weight is 474 g/mol. The smallest absolute Gasteiger partial charge is 0.342 e. The van der Waals surface area contributed by atoms with Crippen molar-refractivity contribution in [1.29, 1.82) is 0 Å². The van der Waals surface area contributed by atoms with Crippen LogP contribution in [0.2, 0.25) is 0 Å². The number of ether oxygens (including phenoxy) is 4. The highest BCUT2D eigenvalue weighted by Crippen LogP contribution is 2.22. The fourth-order valence-corrected chi connectivity index (χ4v) is 3.32. The van der Waals surface area contributed by atoms with Gasteiger partial charge in [0.25, 0.3) is 0 Å². The summed E-state index contributed by atoms with van der Waals surface area (Å²) in [5.41, 5.74) is 0.415. The number of hydrogen-bond acceptors (Lipinski definition) is 11. The number of amides is 2. The molecule has 2 aliphatic rings. The van der Waals surface area contributed by atoms with Crippen LogP contribution in [-0.2, 0) is 38.1 Å². The van der Waals surface area contributed by atoms with Crippen molar-refractivity contribution in [2.45, 2.75) is 57.3 Å². The second-order valence-corrected chi connectivity index (χ2v) is 7.55. The molecule has 0 aromatic rings. The van der Waals surface area contributed by atoms with E-state index in [1.807, 2.05) is 0 Å². The molecule has 1 unspecified atom stereocenters. The number of aliphatic hydroxyl groups is 3. The Morgan fingerprint density at radius 3 is 2.42 bits per heavy atom. The van der Waals surface area contributed by atoms with E-state index < -0.39 is 55.1 Å². The number of cyclic esters (lactones) is 2. The summed E-state index contributed by atoms with van der Waals surface area (Å²) in [5.74, 6) is -2.19. The predicted molar refractivity (Wildman–Crippen MR) is 108 cm³/mol. The molecular formula is C20H30N2O11. The van der Waals surface area contributed by atoms with Gasteiger partial charge in [-0.05, 0) is 13.3 Å². The van der Waals surface area contributed by atoms with E-state index in [-0.39, 0.29) is 56.3 Å². The van der Waals surface area contributed by atoms with E-state index in [0.717, 1.165) is 0 Å². The van der Waals surface area contributed by atoms with Gasteiger partial charge in [0.1, 0.15) is 24.4 Å². The van der Waals surface area contributed by atoms with Crippen molar-refractivity contribution in [3.63, 3.8) is 0 Å². The second-order valence-electron chi connectivity index (χ2n) is 7.55. The molecule has 2 aliphatic heterocycles. The first-order valence-corrected chi connectivity index (χ1v) is 10.5. The van der Waals surface area contributed by atoms with Gasteiger partial charge in [-0.15, -0.1) is 0 Å². The van der Waals surface area contributed by atoms with Crippen LogP contribution in [0.4, 0.5) is 0 Å². The molecule has 0 aliphatic carbocycles. The summed E-state index contributed by atoms with van der Waals surface area (Å²) < 4.78 is 20.7. The molecule has 5 atom stereocenters. The lowest BCUT2D eigenvalue weighted by Crippen LogP contribution is -2.64. The number of rotatable bonds is 12. The number of hydrogen-bond donors (Lipinski definition) is 5. The van der Waals surface area contributed by atoms with Crippen LogP contribution in [-0.4, -0.2) is 103 Å². The average Bonchev–Trinajstić information content (AvgIpc) is 3.01. The summed E-state index contributed by atoms with van der Waals surface area (Å²) in [6.07, 6.45) is -4.86. The van der Waals surface area contributed by atoms with Gasteiger partial charge >= 0.3 is 11.9 Å². The molecule has 2 amide bonds. The summed E-state index contributed by atoms with van der Waals surface area (Å²) in [4.78, 5) is 46.0. The lowest BCUT2D eigenvalue weighted by molar-refractivity contribution is -0.272. The third-order valence-corrected chi connectivity index (χ3v) is 5.12. The lowest BCUT2D eigenvalue weighted by atomic mass is 9.97. The Labute approximate surface area is 190 Å². The van der Waals surface area contributed by atoms with Gasteiger partial charge in [-0.1, -0.05) is 0 Å². The SMILES string of the molecule is CC(=O)N[C@H]1C(OCCOCCNC(=O)CCC2=C(C)C(=O)OC2=O)O[C@H](CO)[C@H](O)[C@@H]1O. The molecular weight excluding hydrogens is 444 g/mol. The summed E-state index contributed by atoms with van der Waals surface area (Å²) >= 11 is 0. The summed E-state index contributed by atoms with van der Waals surface area (Å²) in [5, 5.41) is 34.5. The maximum atomic E-state index is 11.9. The molecule has 0 bridgehead atoms. The topological polar surface area (TPSA) is 190 Å². The minimum absolute atomic E-state index is 0.0131. The molecule has 0 aromatic heterocycles. The van der Waals surface area contributed by atoms with Crippen LogP contribution >= 0.6 is 0 Å². The zero-order chi connectivity index (χ0) is 24.5. The van der Waals surface area contributed by atoms with Gasteiger partial charge < -0.3 is 44.9 Å². The van der Waals surface area contributed by atoms with Crippen molar-refractivity contribution in [3.05, 3.63) is 11.1 Å². The fraction of sp³-hybridized carbons (Fsp3) is 0.700. The lowest BCUT2D eigenvalue weighted by Gasteiger charge is -2.42. The summed E-state index contributed by atoms with van der Waals surface area (Å²) in [6, 6.07) is -1.04. The molecule has 2 heterocycles. The monoisotopic (exact) mass is 474 g/mol. The van der Waals surface area contributed by atoms with Crippen LogP contribution in [0.25, 0.3) is 0 Å². The van der Waals surface area contributed by atoms with Crippen LogP contribution in [0.3, 0.4) is 0 Å². The number of nitrogens with one attached hydrogen (secondary N) is 2. The fourth-order valence-electron chi connectivity index (χ4n) is 3.32. The summed E-state index contributed by atoms with van der Waals surface area (Å²) in [6.45, 7) is 2.65. The molecule has 186 valence electrons. The number of carbonyl (C=O) groups excluding carboxylic acids is 4. The Morgan fingerprint density at radius 2 is 1.82 bits per heavy atom. The molecule has 5 N–H and O–H groups in total. The van der Waals surface area contributed by atoms with Crippen LogP contribution in [0.1, 0.15) is 26.7 Å². The van der Waals surface area contributed by atoms with Crippen molar-refractivity contribution in [3.8, 4) is 0 Å². The normalized spacial score (nSPS) is 27.5. The van der Waals surface area contributed by atoms with E-state index in [2.05, 4.69) is 15.4 Å². The van der Waals surface area contributed by atoms with Gasteiger partial charge in [0.05, 0.1) is 26.4 Å². The Hall–Kier alpha value is -2.42. The Bertz CT molecular complexity index is 769. The zero-order valence-corrected chi connectivity index (χ0v) is 18.4. The minimum atomic E-state index is -1.40. The van der Waals surface area contributed by atoms with Gasteiger partial charge in [0.15, 0.2) is 6.29 Å². The van der Waals surface area contributed by atoms with Crippen molar-refractivity contribution in [1.82, 2.24) is 10.6 Å². The van der Waals surface area contributed by atoms with E-state index in [1.54, 1.807) is 0 Å². The van der Waals surface area contributed by atoms with Gasteiger partial charge in [0, 0.05) is 31.0 Å². The van der Waals surface area contributed by atoms with Gasteiger partial charge in [-0.25, -0.2) is 9.59 Å². The Balaban J connectivity index is 1.64. The standard InChI is InChI=1S/C20H30N2O11/c1-10-12(19(29)33-18(10)28)3-4-14(25)21-5-6-30-7-8-31-20-15(22-11(2)24)17(27)16(26)13(9-23)32-20/h13,15-17,20,23,26-27H,3-9H2,1-2H3,(H,21,25)(H,22,24)/t13-,15-,16+,17-,20?/m1/s1. The highest BCUT2D eigenvalue weighted by atomic mass is 16.7. The molecule has 13 heteroatoms. The second kappa shape index (κ2) is 12.7. The quantitative estimate of drug-likeness (QED) is 0.112. The molecule has 0 aromatic carbocycles. The highest BCUT2D eigenvalue weighted by Gasteiger charge is 2.45. The molecule has 13 nitrogen and oxygen atoms in total. The van der Waals surface area contributed by atoms with Gasteiger partial charge in [-0.3, -0.25) is 9.59 Å². The van der Waals surface area contributed by atoms with E-state index >= 15 is 0 Å². The Kier molecular flexibility index (Phi) is 10.3. The highest BCUT2D eigenvalue weighted by molar-refractivity contribution is 6.12. The minimum Gasteiger partial charge on any atom is -0.394 e. The number of carbonyl (C=O) groups is 4. The molecule has 0 radical (unpaired) electrons. The predicted octanol–water partition coefficient (Wildman–Crippen LogP) is -2.74. The molecule has 1 saturated heterocycles. The van der Waals surface area contributed by atoms with Crippen molar-refractivity contribution >= 4 is 23.8 Å². The Morgan fingerprint density at radius 1 is 1.09 bits per heavy atom. The van der Waals surface area contributed by atoms with Crippen molar-refractivity contribution in [2.75, 3.05) is 33.0 Å². The maximum Gasteiger partial charge on any atom is 0.342 e. The number of esters is 2. The molecule has 0 saturated carbocycles. The summed E-state index contributed by atoms with van der Waals surface area (Å²) in [7, 11) is 0. The van der Waals surface area contributed by atoms with E-state index in [1.165, 1.54) is 13.8 Å². The van der Waals surface area contributed by atoms with Crippen LogP contribution in [0.15, 0.2) is 11.1 Å². The zero-order valence-electron chi connectivity index (χ0n) is 18.4. The molecule has 1 fully saturated rings. The van der Waals surface area contributed by atoms with E-state index in [4.69, 9.17) is 14.2 Å². The molecule has 2 rings (SSSR count). The molecule has 0 spiro atoms.